The Kier molecular flexibility index (Phi) is 3.26. The lowest BCUT2D eigenvalue weighted by Crippen LogP contribution is -2.21. The van der Waals surface area contributed by atoms with Crippen molar-refractivity contribution in [1.82, 2.24) is 4.98 Å². The van der Waals surface area contributed by atoms with Gasteiger partial charge in [-0.05, 0) is 26.0 Å². The summed E-state index contributed by atoms with van der Waals surface area (Å²) in [4.78, 5) is 14.4. The van der Waals surface area contributed by atoms with E-state index < -0.39 is 8.28 Å². The van der Waals surface area contributed by atoms with Gasteiger partial charge in [-0.2, -0.15) is 0 Å². The SMILES string of the molecule is Cc1cc(C(Br)(Br)[N+](=O)[O-])cc(C)n1. The van der Waals surface area contributed by atoms with Crippen LogP contribution in [0.2, 0.25) is 0 Å². The van der Waals surface area contributed by atoms with E-state index in [0.717, 1.165) is 11.4 Å². The van der Waals surface area contributed by atoms with Crippen molar-refractivity contribution in [3.05, 3.63) is 39.2 Å². The van der Waals surface area contributed by atoms with Crippen molar-refractivity contribution in [2.24, 2.45) is 0 Å². The van der Waals surface area contributed by atoms with Crippen LogP contribution in [0, 0.1) is 24.0 Å². The minimum atomic E-state index is -1.42. The Morgan fingerprint density at radius 2 is 1.79 bits per heavy atom. The molecule has 0 aromatic carbocycles. The zero-order valence-electron chi connectivity index (χ0n) is 7.62. The fraction of sp³-hybridized carbons (Fsp3) is 0.375. The maximum absolute atomic E-state index is 10.7. The van der Waals surface area contributed by atoms with Crippen molar-refractivity contribution in [2.45, 2.75) is 17.2 Å². The lowest BCUT2D eigenvalue weighted by atomic mass is 10.2. The molecule has 1 rings (SSSR count). The molecule has 0 unspecified atom stereocenters. The molecule has 6 heteroatoms. The second-order valence-corrected chi connectivity index (χ2v) is 6.30. The van der Waals surface area contributed by atoms with E-state index in [1.54, 1.807) is 26.0 Å². The molecule has 76 valence electrons. The van der Waals surface area contributed by atoms with Gasteiger partial charge in [-0.3, -0.25) is 15.1 Å². The first-order chi connectivity index (χ1) is 6.34. The van der Waals surface area contributed by atoms with Gasteiger partial charge < -0.3 is 0 Å². The van der Waals surface area contributed by atoms with Gasteiger partial charge in [0.2, 0.25) is 0 Å². The van der Waals surface area contributed by atoms with E-state index in [-0.39, 0.29) is 0 Å². The van der Waals surface area contributed by atoms with Crippen molar-refractivity contribution in [1.29, 1.82) is 0 Å². The summed E-state index contributed by atoms with van der Waals surface area (Å²) in [7, 11) is 0. The van der Waals surface area contributed by atoms with Gasteiger partial charge in [0.05, 0.1) is 10.5 Å². The molecule has 0 radical (unpaired) electrons. The first-order valence-electron chi connectivity index (χ1n) is 3.82. The van der Waals surface area contributed by atoms with Crippen molar-refractivity contribution in [3.63, 3.8) is 0 Å². The fourth-order valence-corrected chi connectivity index (χ4v) is 1.57. The van der Waals surface area contributed by atoms with Gasteiger partial charge in [-0.15, -0.1) is 0 Å². The van der Waals surface area contributed by atoms with Crippen LogP contribution >= 0.6 is 31.9 Å². The normalized spacial score (nSPS) is 11.4. The number of halogens is 2. The van der Waals surface area contributed by atoms with Gasteiger partial charge in [0.25, 0.3) is 0 Å². The molecule has 1 aromatic heterocycles. The first kappa shape index (κ1) is 11.6. The maximum atomic E-state index is 10.7. The molecule has 0 aliphatic carbocycles. The van der Waals surface area contributed by atoms with Crippen molar-refractivity contribution in [2.75, 3.05) is 0 Å². The summed E-state index contributed by atoms with van der Waals surface area (Å²) in [6, 6.07) is 3.33. The fourth-order valence-electron chi connectivity index (χ4n) is 1.11. The highest BCUT2D eigenvalue weighted by Gasteiger charge is 2.38. The van der Waals surface area contributed by atoms with E-state index in [9.17, 15) is 10.1 Å². The van der Waals surface area contributed by atoms with Gasteiger partial charge >= 0.3 is 3.36 Å². The Labute approximate surface area is 98.1 Å². The van der Waals surface area contributed by atoms with E-state index in [2.05, 4.69) is 36.8 Å². The number of pyridine rings is 1. The Hall–Kier alpha value is -0.490. The lowest BCUT2D eigenvalue weighted by Gasteiger charge is -2.12. The largest absolute Gasteiger partial charge is 0.352 e. The zero-order valence-corrected chi connectivity index (χ0v) is 10.8. The molecule has 0 fully saturated rings. The Morgan fingerprint density at radius 3 is 2.14 bits per heavy atom. The van der Waals surface area contributed by atoms with E-state index in [1.807, 2.05) is 0 Å². The average Bonchev–Trinajstić information content (AvgIpc) is 2.01. The van der Waals surface area contributed by atoms with Crippen LogP contribution in [-0.2, 0) is 3.36 Å². The van der Waals surface area contributed by atoms with Gasteiger partial charge in [0, 0.05) is 43.2 Å². The summed E-state index contributed by atoms with van der Waals surface area (Å²) in [6.45, 7) is 3.60. The Balaban J connectivity index is 3.25. The molecule has 0 saturated heterocycles. The van der Waals surface area contributed by atoms with E-state index >= 15 is 0 Å². The first-order valence-corrected chi connectivity index (χ1v) is 5.40. The van der Waals surface area contributed by atoms with Crippen molar-refractivity contribution >= 4 is 31.9 Å². The second kappa shape index (κ2) is 3.94. The van der Waals surface area contributed by atoms with Crippen LogP contribution in [-0.4, -0.2) is 9.91 Å². The molecule has 0 atom stereocenters. The molecule has 4 nitrogen and oxygen atoms in total. The van der Waals surface area contributed by atoms with Gasteiger partial charge in [0.15, 0.2) is 0 Å². The predicted octanol–water partition coefficient (Wildman–Crippen LogP) is 2.88. The third-order valence-electron chi connectivity index (χ3n) is 1.66. The zero-order chi connectivity index (χ0) is 10.9. The van der Waals surface area contributed by atoms with E-state index in [1.165, 1.54) is 0 Å². The quantitative estimate of drug-likeness (QED) is 0.364. The highest BCUT2D eigenvalue weighted by molar-refractivity contribution is 9.24. The monoisotopic (exact) mass is 322 g/mol. The van der Waals surface area contributed by atoms with E-state index in [4.69, 9.17) is 0 Å². The average molecular weight is 324 g/mol. The number of nitrogens with zero attached hydrogens (tertiary/aromatic N) is 2. The highest BCUT2D eigenvalue weighted by Crippen LogP contribution is 2.38. The number of aromatic nitrogens is 1. The minimum absolute atomic E-state index is 0.443. The predicted molar refractivity (Wildman–Crippen MR) is 60.2 cm³/mol. The number of hydrogen-bond donors (Lipinski definition) is 0. The number of rotatable bonds is 2. The van der Waals surface area contributed by atoms with Crippen LogP contribution in [0.3, 0.4) is 0 Å². The Bertz CT molecular complexity index is 359. The maximum Gasteiger partial charge on any atom is 0.352 e. The number of nitro groups is 1. The number of hydrogen-bond acceptors (Lipinski definition) is 3. The second-order valence-electron chi connectivity index (χ2n) is 2.94. The number of alkyl halides is 2. The van der Waals surface area contributed by atoms with Crippen LogP contribution < -0.4 is 0 Å². The van der Waals surface area contributed by atoms with Crippen LogP contribution in [0.4, 0.5) is 0 Å². The standard InChI is InChI=1S/C8H8Br2N2O2/c1-5-3-7(4-6(2)11-5)8(9,10)12(13)14/h3-4H,1-2H3. The van der Waals surface area contributed by atoms with Crippen LogP contribution in [0.5, 0.6) is 0 Å². The molecule has 1 aromatic rings. The molecule has 0 N–H and O–H groups in total. The van der Waals surface area contributed by atoms with Crippen LogP contribution in [0.25, 0.3) is 0 Å². The number of aryl methyl sites for hydroxylation is 2. The third-order valence-corrected chi connectivity index (χ3v) is 3.15. The summed E-state index contributed by atoms with van der Waals surface area (Å²) in [5, 5.41) is 10.7. The molecule has 0 aliphatic heterocycles. The summed E-state index contributed by atoms with van der Waals surface area (Å²) >= 11 is 6.03. The molecule has 0 saturated carbocycles. The van der Waals surface area contributed by atoms with Gasteiger partial charge in [-0.25, -0.2) is 0 Å². The Morgan fingerprint density at radius 1 is 1.36 bits per heavy atom. The summed E-state index contributed by atoms with van der Waals surface area (Å²) in [5.74, 6) is 0. The van der Waals surface area contributed by atoms with Crippen molar-refractivity contribution in [3.8, 4) is 0 Å². The topological polar surface area (TPSA) is 56.0 Å². The third kappa shape index (κ3) is 2.30. The highest BCUT2D eigenvalue weighted by atomic mass is 79.9. The molecular weight excluding hydrogens is 316 g/mol. The van der Waals surface area contributed by atoms with Gasteiger partial charge in [-0.1, -0.05) is 0 Å². The summed E-state index contributed by atoms with van der Waals surface area (Å²) in [6.07, 6.45) is 0. The molecular formula is C8H8Br2N2O2. The lowest BCUT2D eigenvalue weighted by molar-refractivity contribution is -0.510. The molecule has 1 heterocycles. The summed E-state index contributed by atoms with van der Waals surface area (Å²) < 4.78 is -1.42. The smallest absolute Gasteiger partial charge is 0.262 e. The molecule has 14 heavy (non-hydrogen) atoms. The molecule has 0 amide bonds. The van der Waals surface area contributed by atoms with Crippen LogP contribution in [0.15, 0.2) is 12.1 Å². The van der Waals surface area contributed by atoms with E-state index in [0.29, 0.717) is 5.56 Å². The molecule has 0 spiro atoms. The van der Waals surface area contributed by atoms with Crippen LogP contribution in [0.1, 0.15) is 17.0 Å². The van der Waals surface area contributed by atoms with Crippen molar-refractivity contribution < 1.29 is 4.92 Å². The van der Waals surface area contributed by atoms with Gasteiger partial charge in [0.1, 0.15) is 0 Å². The summed E-state index contributed by atoms with van der Waals surface area (Å²) in [5.41, 5.74) is 2.04. The molecule has 0 aliphatic rings. The molecule has 0 bridgehead atoms. The minimum Gasteiger partial charge on any atom is -0.262 e.